The number of fused-ring (bicyclic) bond motifs is 1. The van der Waals surface area contributed by atoms with E-state index in [0.29, 0.717) is 28.3 Å². The number of anilines is 4. The Bertz CT molecular complexity index is 1370. The van der Waals surface area contributed by atoms with Gasteiger partial charge in [-0.3, -0.25) is 0 Å². The minimum absolute atomic E-state index is 0.247. The summed E-state index contributed by atoms with van der Waals surface area (Å²) < 4.78 is 25.6. The SMILES string of the molecule is C=C(C)C(F)Oc1cc(N(C)CCN(C)C)c(N)cc1Nc1nccc(-c2noc3ccccc23)n1. The molecule has 3 N–H and O–H groups in total. The lowest BCUT2D eigenvalue weighted by Crippen LogP contribution is -2.29. The molecule has 1 unspecified atom stereocenters. The zero-order valence-corrected chi connectivity index (χ0v) is 20.8. The van der Waals surface area contributed by atoms with Crippen molar-refractivity contribution < 1.29 is 13.7 Å². The third kappa shape index (κ3) is 5.55. The number of rotatable bonds is 10. The minimum atomic E-state index is -1.69. The molecule has 0 aliphatic rings. The van der Waals surface area contributed by atoms with Crippen LogP contribution in [0, 0.1) is 0 Å². The predicted octanol–water partition coefficient (Wildman–Crippen LogP) is 4.86. The highest BCUT2D eigenvalue weighted by Crippen LogP contribution is 2.38. The van der Waals surface area contributed by atoms with Crippen LogP contribution < -0.4 is 20.7 Å². The Morgan fingerprint density at radius 3 is 2.72 bits per heavy atom. The molecule has 4 aromatic rings. The summed E-state index contributed by atoms with van der Waals surface area (Å²) in [4.78, 5) is 13.0. The van der Waals surface area contributed by atoms with E-state index in [1.54, 1.807) is 31.3 Å². The lowest BCUT2D eigenvalue weighted by Gasteiger charge is -2.25. The maximum absolute atomic E-state index is 14.6. The number of ether oxygens (including phenoxy) is 1. The van der Waals surface area contributed by atoms with Crippen molar-refractivity contribution >= 4 is 34.0 Å². The Balaban J connectivity index is 1.68. The monoisotopic (exact) mass is 491 g/mol. The van der Waals surface area contributed by atoms with Gasteiger partial charge in [0.15, 0.2) is 5.58 Å². The van der Waals surface area contributed by atoms with E-state index in [0.717, 1.165) is 24.2 Å². The van der Waals surface area contributed by atoms with Crippen LogP contribution in [0.25, 0.3) is 22.4 Å². The number of nitrogens with zero attached hydrogens (tertiary/aromatic N) is 5. The highest BCUT2D eigenvalue weighted by Gasteiger charge is 2.19. The molecule has 0 aliphatic heterocycles. The van der Waals surface area contributed by atoms with Gasteiger partial charge in [0, 0.05) is 32.4 Å². The van der Waals surface area contributed by atoms with Crippen LogP contribution in [0.5, 0.6) is 5.75 Å². The smallest absolute Gasteiger partial charge is 0.259 e. The number of nitrogen functional groups attached to an aromatic ring is 1. The van der Waals surface area contributed by atoms with Crippen LogP contribution in [0.15, 0.2) is 65.3 Å². The second-order valence-corrected chi connectivity index (χ2v) is 8.83. The van der Waals surface area contributed by atoms with E-state index in [-0.39, 0.29) is 17.3 Å². The standard InChI is InChI=1S/C26H30FN7O2/c1-16(2)25(27)35-23-15-21(34(5)13-12-33(3)4)18(28)14-20(23)31-26-29-11-10-19(30-26)24-17-8-6-7-9-22(17)36-32-24/h6-11,14-15,25H,1,12-13,28H2,2-5H3,(H,29,30,31). The van der Waals surface area contributed by atoms with Gasteiger partial charge in [-0.05, 0) is 50.9 Å². The van der Waals surface area contributed by atoms with Gasteiger partial charge in [-0.1, -0.05) is 23.9 Å². The summed E-state index contributed by atoms with van der Waals surface area (Å²) in [5, 5.41) is 8.11. The molecule has 0 saturated carbocycles. The fourth-order valence-electron chi connectivity index (χ4n) is 3.54. The number of benzene rings is 2. The van der Waals surface area contributed by atoms with Gasteiger partial charge in [0.1, 0.15) is 11.4 Å². The molecule has 0 saturated heterocycles. The highest BCUT2D eigenvalue weighted by molar-refractivity contribution is 5.90. The number of nitrogens with two attached hydrogens (primary N) is 1. The molecular formula is C26H30FN7O2. The molecule has 9 nitrogen and oxygen atoms in total. The maximum Gasteiger partial charge on any atom is 0.259 e. The Morgan fingerprint density at radius 1 is 1.19 bits per heavy atom. The van der Waals surface area contributed by atoms with E-state index in [1.165, 1.54) is 0 Å². The van der Waals surface area contributed by atoms with Crippen molar-refractivity contribution in [2.75, 3.05) is 50.2 Å². The average molecular weight is 492 g/mol. The molecule has 0 aliphatic carbocycles. The third-order valence-corrected chi connectivity index (χ3v) is 5.56. The molecule has 0 amide bonds. The van der Waals surface area contributed by atoms with Crippen LogP contribution in [-0.2, 0) is 0 Å². The van der Waals surface area contributed by atoms with E-state index in [1.807, 2.05) is 50.3 Å². The summed E-state index contributed by atoms with van der Waals surface area (Å²) in [6.45, 7) is 6.76. The molecule has 2 aromatic carbocycles. The summed E-state index contributed by atoms with van der Waals surface area (Å²) in [5.74, 6) is 0.524. The summed E-state index contributed by atoms with van der Waals surface area (Å²) in [7, 11) is 5.91. The van der Waals surface area contributed by atoms with Crippen molar-refractivity contribution in [2.45, 2.75) is 13.3 Å². The van der Waals surface area contributed by atoms with Crippen molar-refractivity contribution in [1.29, 1.82) is 0 Å². The van der Waals surface area contributed by atoms with Gasteiger partial charge in [0.2, 0.25) is 5.95 Å². The van der Waals surface area contributed by atoms with Crippen LogP contribution in [0.4, 0.5) is 27.4 Å². The molecule has 0 radical (unpaired) electrons. The second-order valence-electron chi connectivity index (χ2n) is 8.83. The number of likely N-dealkylation sites (N-methyl/N-ethyl adjacent to an activating group) is 2. The van der Waals surface area contributed by atoms with E-state index in [4.69, 9.17) is 15.0 Å². The molecule has 1 atom stereocenters. The van der Waals surface area contributed by atoms with Gasteiger partial charge < -0.3 is 30.1 Å². The molecule has 2 heterocycles. The van der Waals surface area contributed by atoms with Crippen LogP contribution in [0.3, 0.4) is 0 Å². The van der Waals surface area contributed by atoms with Crippen LogP contribution in [0.1, 0.15) is 6.92 Å². The third-order valence-electron chi connectivity index (χ3n) is 5.56. The summed E-state index contributed by atoms with van der Waals surface area (Å²) >= 11 is 0. The molecule has 0 spiro atoms. The minimum Gasteiger partial charge on any atom is -0.454 e. The summed E-state index contributed by atoms with van der Waals surface area (Å²) in [5.41, 5.74) is 10.1. The van der Waals surface area contributed by atoms with Crippen LogP contribution in [0.2, 0.25) is 0 Å². The number of hydrogen-bond donors (Lipinski definition) is 2. The number of aromatic nitrogens is 3. The van der Waals surface area contributed by atoms with Gasteiger partial charge in [0.25, 0.3) is 6.36 Å². The predicted molar refractivity (Wildman–Crippen MR) is 141 cm³/mol. The van der Waals surface area contributed by atoms with E-state index in [9.17, 15) is 4.39 Å². The van der Waals surface area contributed by atoms with Crippen LogP contribution in [-0.4, -0.2) is 60.6 Å². The lowest BCUT2D eigenvalue weighted by molar-refractivity contribution is 0.103. The van der Waals surface area contributed by atoms with E-state index >= 15 is 0 Å². The number of alkyl halides is 1. The van der Waals surface area contributed by atoms with Gasteiger partial charge in [0.05, 0.1) is 28.1 Å². The van der Waals surface area contributed by atoms with Crippen LogP contribution >= 0.6 is 0 Å². The average Bonchev–Trinajstić information content (AvgIpc) is 3.28. The lowest BCUT2D eigenvalue weighted by atomic mass is 10.2. The van der Waals surface area contributed by atoms with Crippen molar-refractivity contribution in [3.05, 3.63) is 60.8 Å². The second kappa shape index (κ2) is 10.6. The fourth-order valence-corrected chi connectivity index (χ4v) is 3.54. The number of hydrogen-bond acceptors (Lipinski definition) is 9. The zero-order valence-electron chi connectivity index (χ0n) is 20.8. The molecule has 188 valence electrons. The first-order valence-electron chi connectivity index (χ1n) is 11.4. The first-order chi connectivity index (χ1) is 17.2. The van der Waals surface area contributed by atoms with Gasteiger partial charge in [-0.2, -0.15) is 4.39 Å². The highest BCUT2D eigenvalue weighted by atomic mass is 19.1. The first kappa shape index (κ1) is 24.9. The van der Waals surface area contributed by atoms with Gasteiger partial charge >= 0.3 is 0 Å². The normalized spacial score (nSPS) is 12.1. The molecule has 2 aromatic heterocycles. The number of nitrogens with one attached hydrogen (secondary N) is 1. The van der Waals surface area contributed by atoms with E-state index in [2.05, 4.69) is 31.9 Å². The molecule has 4 rings (SSSR count). The Labute approximate surface area is 209 Å². The Hall–Kier alpha value is -4.18. The Morgan fingerprint density at radius 2 is 1.97 bits per heavy atom. The molecule has 0 fully saturated rings. The Kier molecular flexibility index (Phi) is 7.35. The van der Waals surface area contributed by atoms with Gasteiger partial charge in [-0.25, -0.2) is 9.97 Å². The topological polar surface area (TPSA) is 106 Å². The van der Waals surface area contributed by atoms with Crippen molar-refractivity contribution in [3.8, 4) is 17.1 Å². The van der Waals surface area contributed by atoms with Crippen molar-refractivity contribution in [2.24, 2.45) is 0 Å². The molecule has 36 heavy (non-hydrogen) atoms. The molecule has 10 heteroatoms. The van der Waals surface area contributed by atoms with Gasteiger partial charge in [-0.15, -0.1) is 0 Å². The first-order valence-corrected chi connectivity index (χ1v) is 11.4. The zero-order chi connectivity index (χ0) is 25.8. The van der Waals surface area contributed by atoms with Crippen molar-refractivity contribution in [1.82, 2.24) is 20.0 Å². The largest absolute Gasteiger partial charge is 0.454 e. The van der Waals surface area contributed by atoms with Crippen molar-refractivity contribution in [3.63, 3.8) is 0 Å². The quantitative estimate of drug-likeness (QED) is 0.238. The number of halogens is 1. The molecular weight excluding hydrogens is 461 g/mol. The molecule has 0 bridgehead atoms. The fraction of sp³-hybridized carbons (Fsp3) is 0.269. The number of para-hydroxylation sites is 1. The summed E-state index contributed by atoms with van der Waals surface area (Å²) in [6, 6.07) is 12.7. The summed E-state index contributed by atoms with van der Waals surface area (Å²) in [6.07, 6.45) is -0.0874. The van der Waals surface area contributed by atoms with E-state index < -0.39 is 6.36 Å². The maximum atomic E-state index is 14.6.